The second kappa shape index (κ2) is 9.47. The quantitative estimate of drug-likeness (QED) is 0.571. The highest BCUT2D eigenvalue weighted by molar-refractivity contribution is 7.89. The van der Waals surface area contributed by atoms with Gasteiger partial charge in [-0.05, 0) is 49.4 Å². The van der Waals surface area contributed by atoms with Gasteiger partial charge in [-0.15, -0.1) is 10.2 Å². The van der Waals surface area contributed by atoms with Crippen molar-refractivity contribution in [3.8, 4) is 17.2 Å². The fourth-order valence-electron chi connectivity index (χ4n) is 3.15. The van der Waals surface area contributed by atoms with Crippen LogP contribution in [0.5, 0.6) is 5.75 Å². The molecule has 0 saturated carbocycles. The Bertz CT molecular complexity index is 1160. The van der Waals surface area contributed by atoms with Crippen molar-refractivity contribution in [1.82, 2.24) is 14.5 Å². The monoisotopic (exact) mass is 458 g/mol. The molecule has 0 bridgehead atoms. The molecule has 1 unspecified atom stereocenters. The first kappa shape index (κ1) is 21.9. The third-order valence-corrected chi connectivity index (χ3v) is 6.75. The molecule has 1 atom stereocenters. The minimum atomic E-state index is -3.66. The van der Waals surface area contributed by atoms with Gasteiger partial charge in [-0.2, -0.15) is 4.31 Å². The average molecular weight is 458 g/mol. The average Bonchev–Trinajstić information content (AvgIpc) is 3.35. The number of rotatable bonds is 7. The van der Waals surface area contributed by atoms with Crippen LogP contribution in [-0.2, 0) is 19.6 Å². The number of hydrogen-bond acceptors (Lipinski definition) is 8. The topological polar surface area (TPSA) is 124 Å². The largest absolute Gasteiger partial charge is 0.481 e. The number of carbonyl (C=O) groups excluding carboxylic acids is 1. The SMILES string of the molecule is CC(Oc1ccc(-c2nnco2)cc1)C(=O)Nc1cccc(S(=O)(=O)N2CCOCC2)c1. The summed E-state index contributed by atoms with van der Waals surface area (Å²) in [5.74, 6) is 0.459. The molecule has 1 amide bonds. The van der Waals surface area contributed by atoms with Crippen LogP contribution in [-0.4, -0.2) is 61.2 Å². The predicted molar refractivity (Wildman–Crippen MR) is 114 cm³/mol. The molecular weight excluding hydrogens is 436 g/mol. The van der Waals surface area contributed by atoms with E-state index in [1.807, 2.05) is 0 Å². The molecule has 1 saturated heterocycles. The van der Waals surface area contributed by atoms with Crippen LogP contribution in [0, 0.1) is 0 Å². The Morgan fingerprint density at radius 3 is 2.59 bits per heavy atom. The number of hydrogen-bond donors (Lipinski definition) is 1. The van der Waals surface area contributed by atoms with Crippen molar-refractivity contribution in [3.05, 3.63) is 54.9 Å². The van der Waals surface area contributed by atoms with E-state index in [4.69, 9.17) is 13.9 Å². The summed E-state index contributed by atoms with van der Waals surface area (Å²) in [6, 6.07) is 13.0. The molecule has 0 aliphatic carbocycles. The van der Waals surface area contributed by atoms with Crippen molar-refractivity contribution < 1.29 is 27.1 Å². The van der Waals surface area contributed by atoms with Gasteiger partial charge >= 0.3 is 0 Å². The number of amides is 1. The minimum absolute atomic E-state index is 0.113. The Morgan fingerprint density at radius 2 is 1.91 bits per heavy atom. The lowest BCUT2D eigenvalue weighted by molar-refractivity contribution is -0.122. The lowest BCUT2D eigenvalue weighted by Gasteiger charge is -2.26. The van der Waals surface area contributed by atoms with Crippen molar-refractivity contribution in [2.24, 2.45) is 0 Å². The van der Waals surface area contributed by atoms with Gasteiger partial charge in [0.25, 0.3) is 5.91 Å². The molecule has 2 aromatic carbocycles. The molecule has 0 spiro atoms. The van der Waals surface area contributed by atoms with Gasteiger partial charge in [0.15, 0.2) is 6.10 Å². The molecular formula is C21H22N4O6S. The normalized spacial score (nSPS) is 15.8. The number of aromatic nitrogens is 2. The van der Waals surface area contributed by atoms with Crippen LogP contribution in [0.15, 0.2) is 64.2 Å². The Morgan fingerprint density at radius 1 is 1.16 bits per heavy atom. The van der Waals surface area contributed by atoms with Gasteiger partial charge < -0.3 is 19.2 Å². The van der Waals surface area contributed by atoms with E-state index < -0.39 is 22.0 Å². The van der Waals surface area contributed by atoms with Gasteiger partial charge in [0.05, 0.1) is 18.1 Å². The molecule has 10 nitrogen and oxygen atoms in total. The number of sulfonamides is 1. The standard InChI is InChI=1S/C21H22N4O6S/c1-15(31-18-7-5-16(6-8-18)21-24-22-14-30-21)20(26)23-17-3-2-4-19(13-17)32(27,28)25-9-11-29-12-10-25/h2-8,13-15H,9-12H2,1H3,(H,23,26). The molecule has 4 rings (SSSR count). The van der Waals surface area contributed by atoms with Gasteiger partial charge in [0.2, 0.25) is 22.3 Å². The van der Waals surface area contributed by atoms with Crippen molar-refractivity contribution in [2.45, 2.75) is 17.9 Å². The van der Waals surface area contributed by atoms with Crippen LogP contribution in [0.2, 0.25) is 0 Å². The highest BCUT2D eigenvalue weighted by atomic mass is 32.2. The van der Waals surface area contributed by atoms with E-state index in [2.05, 4.69) is 15.5 Å². The van der Waals surface area contributed by atoms with Gasteiger partial charge in [-0.3, -0.25) is 4.79 Å². The van der Waals surface area contributed by atoms with E-state index in [0.717, 1.165) is 5.56 Å². The summed E-state index contributed by atoms with van der Waals surface area (Å²) in [7, 11) is -3.66. The van der Waals surface area contributed by atoms with Crippen molar-refractivity contribution in [3.63, 3.8) is 0 Å². The number of nitrogens with zero attached hydrogens (tertiary/aromatic N) is 3. The Labute approximate surface area is 185 Å². The van der Waals surface area contributed by atoms with Crippen LogP contribution in [0.25, 0.3) is 11.5 Å². The van der Waals surface area contributed by atoms with Crippen molar-refractivity contribution >= 4 is 21.6 Å². The molecule has 1 aromatic heterocycles. The van der Waals surface area contributed by atoms with Crippen molar-refractivity contribution in [2.75, 3.05) is 31.6 Å². The maximum atomic E-state index is 12.8. The Kier molecular flexibility index (Phi) is 6.49. The molecule has 1 N–H and O–H groups in total. The summed E-state index contributed by atoms with van der Waals surface area (Å²) in [6.45, 7) is 2.93. The number of carbonyl (C=O) groups is 1. The van der Waals surface area contributed by atoms with E-state index in [9.17, 15) is 13.2 Å². The molecule has 1 aliphatic rings. The van der Waals surface area contributed by atoms with Crippen LogP contribution in [0.3, 0.4) is 0 Å². The van der Waals surface area contributed by atoms with Crippen molar-refractivity contribution in [1.29, 1.82) is 0 Å². The smallest absolute Gasteiger partial charge is 0.265 e. The highest BCUT2D eigenvalue weighted by Gasteiger charge is 2.26. The Balaban J connectivity index is 1.39. The first-order valence-corrected chi connectivity index (χ1v) is 11.4. The lowest BCUT2D eigenvalue weighted by atomic mass is 10.2. The van der Waals surface area contributed by atoms with E-state index in [1.54, 1.807) is 43.3 Å². The van der Waals surface area contributed by atoms with Gasteiger partial charge in [-0.25, -0.2) is 8.42 Å². The summed E-state index contributed by atoms with van der Waals surface area (Å²) in [4.78, 5) is 12.7. The van der Waals surface area contributed by atoms with E-state index in [0.29, 0.717) is 43.6 Å². The maximum absolute atomic E-state index is 12.8. The summed E-state index contributed by atoms with van der Waals surface area (Å²) >= 11 is 0. The number of ether oxygens (including phenoxy) is 2. The molecule has 1 fully saturated rings. The van der Waals surface area contributed by atoms with Gasteiger partial charge in [0, 0.05) is 24.3 Å². The zero-order valence-corrected chi connectivity index (χ0v) is 18.1. The van der Waals surface area contributed by atoms with Crippen LogP contribution in [0.4, 0.5) is 5.69 Å². The molecule has 2 heterocycles. The van der Waals surface area contributed by atoms with Crippen LogP contribution in [0.1, 0.15) is 6.92 Å². The third-order valence-electron chi connectivity index (χ3n) is 4.85. The maximum Gasteiger partial charge on any atom is 0.265 e. The fourth-order valence-corrected chi connectivity index (χ4v) is 4.60. The van der Waals surface area contributed by atoms with Gasteiger partial charge in [-0.1, -0.05) is 6.07 Å². The zero-order valence-electron chi connectivity index (χ0n) is 17.3. The summed E-state index contributed by atoms with van der Waals surface area (Å²) < 4.78 is 43.1. The molecule has 3 aromatic rings. The second-order valence-corrected chi connectivity index (χ2v) is 9.00. The van der Waals surface area contributed by atoms with Crippen LogP contribution >= 0.6 is 0 Å². The first-order valence-electron chi connectivity index (χ1n) is 9.95. The second-order valence-electron chi connectivity index (χ2n) is 7.06. The molecule has 168 valence electrons. The van der Waals surface area contributed by atoms with Crippen LogP contribution < -0.4 is 10.1 Å². The number of anilines is 1. The first-order chi connectivity index (χ1) is 15.4. The Hall–Kier alpha value is -3.28. The van der Waals surface area contributed by atoms with E-state index in [-0.39, 0.29) is 4.90 Å². The molecule has 11 heteroatoms. The molecule has 32 heavy (non-hydrogen) atoms. The predicted octanol–water partition coefficient (Wildman–Crippen LogP) is 2.16. The molecule has 0 radical (unpaired) electrons. The zero-order chi connectivity index (χ0) is 22.6. The lowest BCUT2D eigenvalue weighted by Crippen LogP contribution is -2.40. The summed E-state index contributed by atoms with van der Waals surface area (Å²) in [5, 5.41) is 10.2. The van der Waals surface area contributed by atoms with E-state index in [1.165, 1.54) is 22.8 Å². The summed E-state index contributed by atoms with van der Waals surface area (Å²) in [5.41, 5.74) is 1.09. The fraction of sp³-hybridized carbons (Fsp3) is 0.286. The van der Waals surface area contributed by atoms with Gasteiger partial charge in [0.1, 0.15) is 5.75 Å². The highest BCUT2D eigenvalue weighted by Crippen LogP contribution is 2.23. The molecule has 1 aliphatic heterocycles. The van der Waals surface area contributed by atoms with E-state index >= 15 is 0 Å². The third kappa shape index (κ3) is 4.96. The minimum Gasteiger partial charge on any atom is -0.481 e. The summed E-state index contributed by atoms with van der Waals surface area (Å²) in [6.07, 6.45) is 0.427. The number of benzene rings is 2. The number of morpholine rings is 1. The number of nitrogens with one attached hydrogen (secondary N) is 1.